The van der Waals surface area contributed by atoms with Gasteiger partial charge in [0.1, 0.15) is 0 Å². The summed E-state index contributed by atoms with van der Waals surface area (Å²) >= 11 is -0.600. The van der Waals surface area contributed by atoms with Gasteiger partial charge in [0.25, 0.3) is 0 Å². The van der Waals surface area contributed by atoms with Crippen molar-refractivity contribution in [1.82, 2.24) is 4.98 Å². The van der Waals surface area contributed by atoms with Crippen molar-refractivity contribution in [2.24, 2.45) is 0 Å². The van der Waals surface area contributed by atoms with Crippen LogP contribution in [0.5, 0.6) is 0 Å². The molecular weight excluding hydrogens is 326 g/mol. The maximum atomic E-state index is 12.2. The standard InChI is InChI=1S/C14H9NOTe/c16-13(10-6-2-1-3-7-10)14-15-11-8-4-5-9-12(11)17-14/h1-9H. The number of hydrogen-bond donors (Lipinski definition) is 0. The van der Waals surface area contributed by atoms with E-state index in [-0.39, 0.29) is 5.78 Å². The van der Waals surface area contributed by atoms with E-state index in [1.54, 1.807) is 0 Å². The Bertz CT molecular complexity index is 640. The van der Waals surface area contributed by atoms with Gasteiger partial charge >= 0.3 is 109 Å². The van der Waals surface area contributed by atoms with E-state index >= 15 is 0 Å². The molecule has 0 atom stereocenters. The zero-order valence-electron chi connectivity index (χ0n) is 8.96. The first kappa shape index (κ1) is 10.7. The minimum absolute atomic E-state index is 0.0872. The van der Waals surface area contributed by atoms with Crippen LogP contribution in [-0.2, 0) is 0 Å². The summed E-state index contributed by atoms with van der Waals surface area (Å²) in [5.41, 5.74) is 1.72. The third-order valence-electron chi connectivity index (χ3n) is 2.52. The Morgan fingerprint density at radius 1 is 0.941 bits per heavy atom. The zero-order chi connectivity index (χ0) is 11.7. The number of benzene rings is 2. The van der Waals surface area contributed by atoms with E-state index < -0.39 is 20.4 Å². The van der Waals surface area contributed by atoms with Gasteiger partial charge in [-0.05, 0) is 0 Å². The molecule has 0 aliphatic heterocycles. The number of ketones is 1. The fraction of sp³-hybridized carbons (Fsp3) is 0. The summed E-state index contributed by atoms with van der Waals surface area (Å²) in [6, 6.07) is 17.4. The number of carbonyl (C=O) groups excluding carboxylic acids is 1. The first-order valence-corrected chi connectivity index (χ1v) is 7.63. The summed E-state index contributed by atoms with van der Waals surface area (Å²) in [4.78, 5) is 16.7. The molecule has 0 N–H and O–H groups in total. The van der Waals surface area contributed by atoms with Crippen LogP contribution in [0.15, 0.2) is 54.6 Å². The van der Waals surface area contributed by atoms with Crippen LogP contribution in [0.2, 0.25) is 0 Å². The quantitative estimate of drug-likeness (QED) is 0.532. The number of hydrogen-bond acceptors (Lipinski definition) is 2. The molecule has 0 unspecified atom stereocenters. The van der Waals surface area contributed by atoms with Crippen molar-refractivity contribution < 1.29 is 4.79 Å². The predicted octanol–water partition coefficient (Wildman–Crippen LogP) is 2.52. The number of carbonyl (C=O) groups is 1. The van der Waals surface area contributed by atoms with Crippen LogP contribution in [0.25, 0.3) is 8.92 Å². The number of aromatic nitrogens is 1. The van der Waals surface area contributed by atoms with E-state index in [2.05, 4.69) is 11.1 Å². The Hall–Kier alpha value is -1.43. The summed E-state index contributed by atoms with van der Waals surface area (Å²) in [5.74, 6) is 0.0872. The number of nitrogens with zero attached hydrogens (tertiary/aromatic N) is 1. The minimum atomic E-state index is -0.600. The van der Waals surface area contributed by atoms with E-state index in [0.717, 1.165) is 14.8 Å². The van der Waals surface area contributed by atoms with Crippen molar-refractivity contribution >= 4 is 35.1 Å². The molecule has 1 heterocycles. The zero-order valence-corrected chi connectivity index (χ0v) is 11.3. The second kappa shape index (κ2) is 4.44. The van der Waals surface area contributed by atoms with Gasteiger partial charge in [0.2, 0.25) is 0 Å². The van der Waals surface area contributed by atoms with Crippen molar-refractivity contribution in [1.29, 1.82) is 0 Å². The second-order valence-corrected chi connectivity index (χ2v) is 6.62. The molecule has 0 fully saturated rings. The Labute approximate surface area is 109 Å². The molecule has 82 valence electrons. The van der Waals surface area contributed by atoms with Crippen molar-refractivity contribution in [3.63, 3.8) is 0 Å². The molecule has 0 aliphatic rings. The summed E-state index contributed by atoms with van der Waals surface area (Å²) < 4.78 is 2.03. The van der Waals surface area contributed by atoms with E-state index in [1.807, 2.05) is 48.5 Å². The molecule has 2 nitrogen and oxygen atoms in total. The second-order valence-electron chi connectivity index (χ2n) is 3.68. The van der Waals surface area contributed by atoms with Gasteiger partial charge < -0.3 is 0 Å². The number of fused-ring (bicyclic) bond motifs is 1. The molecule has 0 spiro atoms. The van der Waals surface area contributed by atoms with Crippen LogP contribution < -0.4 is 0 Å². The van der Waals surface area contributed by atoms with Gasteiger partial charge in [0, 0.05) is 0 Å². The van der Waals surface area contributed by atoms with Gasteiger partial charge in [-0.2, -0.15) is 0 Å². The van der Waals surface area contributed by atoms with Crippen molar-refractivity contribution in [2.45, 2.75) is 0 Å². The van der Waals surface area contributed by atoms with Crippen LogP contribution in [0.3, 0.4) is 0 Å². The normalized spacial score (nSPS) is 10.6. The van der Waals surface area contributed by atoms with Gasteiger partial charge in [-0.3, -0.25) is 0 Å². The molecule has 3 rings (SSSR count). The number of rotatable bonds is 2. The summed E-state index contributed by atoms with van der Waals surface area (Å²) in [6.45, 7) is 0. The molecule has 0 amide bonds. The molecule has 2 aromatic carbocycles. The average molecular weight is 335 g/mol. The van der Waals surface area contributed by atoms with Crippen LogP contribution in [0, 0.1) is 0 Å². The Kier molecular flexibility index (Phi) is 2.80. The van der Waals surface area contributed by atoms with Crippen LogP contribution in [0.4, 0.5) is 0 Å². The third kappa shape index (κ3) is 2.04. The first-order chi connectivity index (χ1) is 8.34. The van der Waals surface area contributed by atoms with Gasteiger partial charge in [-0.1, -0.05) is 0 Å². The Morgan fingerprint density at radius 3 is 2.41 bits per heavy atom. The maximum absolute atomic E-state index is 12.2. The molecular formula is C14H9NOTe. The first-order valence-electron chi connectivity index (χ1n) is 5.30. The van der Waals surface area contributed by atoms with Crippen molar-refractivity contribution in [3.05, 3.63) is 63.9 Å². The average Bonchev–Trinajstić information content (AvgIpc) is 2.82. The van der Waals surface area contributed by atoms with Crippen molar-refractivity contribution in [2.75, 3.05) is 0 Å². The molecule has 17 heavy (non-hydrogen) atoms. The molecule has 3 aromatic rings. The number of para-hydroxylation sites is 1. The van der Waals surface area contributed by atoms with E-state index in [9.17, 15) is 4.79 Å². The monoisotopic (exact) mass is 337 g/mol. The molecule has 0 saturated carbocycles. The van der Waals surface area contributed by atoms with Gasteiger partial charge in [0.05, 0.1) is 0 Å². The van der Waals surface area contributed by atoms with Crippen LogP contribution >= 0.6 is 0 Å². The SMILES string of the molecule is O=C(c1ccccc1)c1nc2ccccc2[te]1. The van der Waals surface area contributed by atoms with E-state index in [0.29, 0.717) is 0 Å². The van der Waals surface area contributed by atoms with Gasteiger partial charge in [-0.25, -0.2) is 0 Å². The van der Waals surface area contributed by atoms with Gasteiger partial charge in [-0.15, -0.1) is 0 Å². The molecule has 0 aliphatic carbocycles. The Balaban J connectivity index is 2.07. The molecule has 1 aromatic heterocycles. The van der Waals surface area contributed by atoms with Crippen LogP contribution in [0.1, 0.15) is 14.1 Å². The summed E-state index contributed by atoms with van der Waals surface area (Å²) in [7, 11) is 0. The molecule has 0 radical (unpaired) electrons. The Morgan fingerprint density at radius 2 is 1.65 bits per heavy atom. The summed E-state index contributed by atoms with van der Waals surface area (Å²) in [6.07, 6.45) is 0. The topological polar surface area (TPSA) is 30.0 Å². The van der Waals surface area contributed by atoms with Crippen molar-refractivity contribution in [3.8, 4) is 0 Å². The van der Waals surface area contributed by atoms with Crippen LogP contribution in [-0.4, -0.2) is 31.2 Å². The fourth-order valence-corrected chi connectivity index (χ4v) is 4.33. The molecule has 3 heteroatoms. The molecule has 0 saturated heterocycles. The molecule has 0 bridgehead atoms. The van der Waals surface area contributed by atoms with Gasteiger partial charge in [0.15, 0.2) is 0 Å². The third-order valence-corrected chi connectivity index (χ3v) is 5.48. The van der Waals surface area contributed by atoms with E-state index in [1.165, 1.54) is 3.40 Å². The fourth-order valence-electron chi connectivity index (χ4n) is 1.68. The predicted molar refractivity (Wildman–Crippen MR) is 68.6 cm³/mol. The van der Waals surface area contributed by atoms with E-state index in [4.69, 9.17) is 0 Å². The summed E-state index contributed by atoms with van der Waals surface area (Å²) in [5, 5.41) is 0.